The van der Waals surface area contributed by atoms with Gasteiger partial charge in [-0.25, -0.2) is 14.4 Å². The van der Waals surface area contributed by atoms with Crippen LogP contribution in [0.2, 0.25) is 0 Å². The molecule has 2 N–H and O–H groups in total. The van der Waals surface area contributed by atoms with Gasteiger partial charge < -0.3 is 10.5 Å². The average Bonchev–Trinajstić information content (AvgIpc) is 3.06. The van der Waals surface area contributed by atoms with Crippen molar-refractivity contribution in [1.29, 1.82) is 0 Å². The van der Waals surface area contributed by atoms with E-state index in [0.717, 1.165) is 15.6 Å². The molecule has 134 valence electrons. The number of nitrogens with two attached hydrogens (primary N) is 1. The van der Waals surface area contributed by atoms with Crippen molar-refractivity contribution in [2.45, 2.75) is 5.54 Å². The van der Waals surface area contributed by atoms with Crippen LogP contribution in [0.1, 0.15) is 11.1 Å². The van der Waals surface area contributed by atoms with Crippen LogP contribution in [-0.4, -0.2) is 20.9 Å². The van der Waals surface area contributed by atoms with E-state index in [-0.39, 0.29) is 5.82 Å². The van der Waals surface area contributed by atoms with Crippen LogP contribution in [0.15, 0.2) is 58.4 Å². The van der Waals surface area contributed by atoms with Crippen molar-refractivity contribution in [3.8, 4) is 22.8 Å². The van der Waals surface area contributed by atoms with Crippen LogP contribution >= 0.6 is 27.7 Å². The lowest BCUT2D eigenvalue weighted by Crippen LogP contribution is -2.30. The summed E-state index contributed by atoms with van der Waals surface area (Å²) in [5, 5.41) is 0.506. The van der Waals surface area contributed by atoms with Gasteiger partial charge in [-0.2, -0.15) is 0 Å². The second kappa shape index (κ2) is 6.03. The van der Waals surface area contributed by atoms with Gasteiger partial charge in [0, 0.05) is 45.5 Å². The summed E-state index contributed by atoms with van der Waals surface area (Å²) in [7, 11) is 0. The van der Waals surface area contributed by atoms with Crippen molar-refractivity contribution in [2.75, 3.05) is 5.75 Å². The first-order valence-corrected chi connectivity index (χ1v) is 9.91. The standard InChI is InChI=1S/C19H12BrFN4OS/c20-11-6-14-17(24-7-11)26-16-2-1-10(12-8-23-4-3-15(12)21)5-13(16)19(14)9-27-18(22)25-19/h1-8H,9H2,(H2,22,25). The van der Waals surface area contributed by atoms with Crippen LogP contribution in [0.4, 0.5) is 4.39 Å². The van der Waals surface area contributed by atoms with E-state index < -0.39 is 5.54 Å². The number of halogens is 2. The molecule has 0 saturated heterocycles. The van der Waals surface area contributed by atoms with Crippen LogP contribution in [-0.2, 0) is 5.54 Å². The van der Waals surface area contributed by atoms with Crippen molar-refractivity contribution < 1.29 is 9.13 Å². The number of rotatable bonds is 1. The molecule has 8 heteroatoms. The van der Waals surface area contributed by atoms with E-state index in [2.05, 4.69) is 25.9 Å². The lowest BCUT2D eigenvalue weighted by Gasteiger charge is -2.34. The van der Waals surface area contributed by atoms with Crippen LogP contribution in [0.5, 0.6) is 11.6 Å². The molecule has 0 fully saturated rings. The molecule has 1 aromatic carbocycles. The molecule has 2 aromatic heterocycles. The first-order valence-electron chi connectivity index (χ1n) is 8.13. The van der Waals surface area contributed by atoms with Crippen molar-refractivity contribution in [3.05, 3.63) is 70.3 Å². The van der Waals surface area contributed by atoms with Gasteiger partial charge >= 0.3 is 0 Å². The van der Waals surface area contributed by atoms with E-state index in [1.807, 2.05) is 24.3 Å². The zero-order valence-electron chi connectivity index (χ0n) is 13.8. The van der Waals surface area contributed by atoms with Gasteiger partial charge in [0.05, 0.1) is 0 Å². The number of pyridine rings is 2. The summed E-state index contributed by atoms with van der Waals surface area (Å²) in [6.07, 6.45) is 4.63. The molecule has 27 heavy (non-hydrogen) atoms. The summed E-state index contributed by atoms with van der Waals surface area (Å²) in [5.41, 5.74) is 8.12. The smallest absolute Gasteiger partial charge is 0.225 e. The molecular weight excluding hydrogens is 431 g/mol. The van der Waals surface area contributed by atoms with Crippen LogP contribution in [0.3, 0.4) is 0 Å². The Morgan fingerprint density at radius 1 is 1.19 bits per heavy atom. The summed E-state index contributed by atoms with van der Waals surface area (Å²) in [6, 6.07) is 8.83. The Hall–Kier alpha value is -2.45. The number of nitrogens with zero attached hydrogens (tertiary/aromatic N) is 3. The Labute approximate surface area is 167 Å². The van der Waals surface area contributed by atoms with Gasteiger partial charge in [0.2, 0.25) is 5.88 Å². The summed E-state index contributed by atoms with van der Waals surface area (Å²) < 4.78 is 21.1. The Bertz CT molecular complexity index is 1120. The van der Waals surface area contributed by atoms with E-state index in [1.165, 1.54) is 30.2 Å². The molecule has 0 amide bonds. The van der Waals surface area contributed by atoms with Gasteiger partial charge in [0.1, 0.15) is 17.1 Å². The van der Waals surface area contributed by atoms with Crippen molar-refractivity contribution >= 4 is 32.9 Å². The van der Waals surface area contributed by atoms with Crippen molar-refractivity contribution in [3.63, 3.8) is 0 Å². The number of amidine groups is 1. The normalized spacial score (nSPS) is 20.0. The molecule has 2 aliphatic heterocycles. The Kier molecular flexibility index (Phi) is 3.73. The van der Waals surface area contributed by atoms with Crippen molar-refractivity contribution in [1.82, 2.24) is 9.97 Å². The SMILES string of the molecule is NC1=NC2(CS1)c1cc(-c3cnccc3F)ccc1Oc1ncc(Br)cc12. The fraction of sp³-hybridized carbons (Fsp3) is 0.105. The summed E-state index contributed by atoms with van der Waals surface area (Å²) in [4.78, 5) is 13.2. The number of fused-ring (bicyclic) bond motifs is 4. The summed E-state index contributed by atoms with van der Waals surface area (Å²) >= 11 is 4.96. The maximum atomic E-state index is 14.3. The largest absolute Gasteiger partial charge is 0.438 e. The number of hydrogen-bond acceptors (Lipinski definition) is 6. The van der Waals surface area contributed by atoms with Gasteiger partial charge in [0.15, 0.2) is 5.17 Å². The lowest BCUT2D eigenvalue weighted by molar-refractivity contribution is 0.399. The molecule has 1 unspecified atom stereocenters. The molecule has 0 radical (unpaired) electrons. The minimum Gasteiger partial charge on any atom is -0.438 e. The van der Waals surface area contributed by atoms with Crippen LogP contribution in [0, 0.1) is 5.82 Å². The number of hydrogen-bond donors (Lipinski definition) is 1. The second-order valence-corrected chi connectivity index (χ2v) is 8.19. The highest BCUT2D eigenvalue weighted by Crippen LogP contribution is 2.53. The summed E-state index contributed by atoms with van der Waals surface area (Å²) in [5.74, 6) is 1.44. The van der Waals surface area contributed by atoms with Gasteiger partial charge in [-0.05, 0) is 45.8 Å². The minimum absolute atomic E-state index is 0.329. The Morgan fingerprint density at radius 2 is 2.07 bits per heavy atom. The molecule has 2 aliphatic rings. The number of benzene rings is 1. The average molecular weight is 443 g/mol. The third kappa shape index (κ3) is 2.55. The van der Waals surface area contributed by atoms with Gasteiger partial charge in [-0.3, -0.25) is 4.98 Å². The number of aromatic nitrogens is 2. The molecule has 1 spiro atoms. The highest BCUT2D eigenvalue weighted by molar-refractivity contribution is 9.10. The maximum absolute atomic E-state index is 14.3. The van der Waals surface area contributed by atoms with Crippen LogP contribution < -0.4 is 10.5 Å². The quantitative estimate of drug-likeness (QED) is 0.602. The second-order valence-electron chi connectivity index (χ2n) is 6.27. The zero-order valence-corrected chi connectivity index (χ0v) is 16.2. The molecule has 3 aromatic rings. The minimum atomic E-state index is -0.719. The predicted octanol–water partition coefficient (Wildman–Crippen LogP) is 4.46. The number of ether oxygens (including phenoxy) is 1. The molecule has 4 heterocycles. The fourth-order valence-corrected chi connectivity index (χ4v) is 4.74. The summed E-state index contributed by atoms with van der Waals surface area (Å²) in [6.45, 7) is 0. The highest BCUT2D eigenvalue weighted by atomic mass is 79.9. The third-order valence-corrected chi connectivity index (χ3v) is 6.09. The van der Waals surface area contributed by atoms with E-state index in [0.29, 0.717) is 33.7 Å². The molecule has 5 nitrogen and oxygen atoms in total. The topological polar surface area (TPSA) is 73.4 Å². The van der Waals surface area contributed by atoms with E-state index in [4.69, 9.17) is 15.5 Å². The fourth-order valence-electron chi connectivity index (χ4n) is 3.46. The zero-order chi connectivity index (χ0) is 18.6. The number of aliphatic imine (C=N–C) groups is 1. The monoisotopic (exact) mass is 442 g/mol. The molecule has 1 atom stereocenters. The molecule has 5 rings (SSSR count). The molecular formula is C19H12BrFN4OS. The maximum Gasteiger partial charge on any atom is 0.225 e. The van der Waals surface area contributed by atoms with Crippen molar-refractivity contribution in [2.24, 2.45) is 10.7 Å². The van der Waals surface area contributed by atoms with E-state index in [1.54, 1.807) is 6.20 Å². The lowest BCUT2D eigenvalue weighted by atomic mass is 9.82. The first-order chi connectivity index (χ1) is 13.1. The van der Waals surface area contributed by atoms with Gasteiger partial charge in [-0.15, -0.1) is 0 Å². The molecule has 0 bridgehead atoms. The van der Waals surface area contributed by atoms with Gasteiger partial charge in [-0.1, -0.05) is 17.8 Å². The molecule has 0 aliphatic carbocycles. The Balaban J connectivity index is 1.76. The number of thioether (sulfide) groups is 1. The predicted molar refractivity (Wildman–Crippen MR) is 107 cm³/mol. The van der Waals surface area contributed by atoms with E-state index >= 15 is 0 Å². The first kappa shape index (κ1) is 16.7. The van der Waals surface area contributed by atoms with Gasteiger partial charge in [0.25, 0.3) is 0 Å². The van der Waals surface area contributed by atoms with E-state index in [9.17, 15) is 4.39 Å². The third-order valence-electron chi connectivity index (χ3n) is 4.70. The molecule has 0 saturated carbocycles. The Morgan fingerprint density at radius 3 is 2.85 bits per heavy atom. The highest BCUT2D eigenvalue weighted by Gasteiger charge is 2.46. The van der Waals surface area contributed by atoms with Crippen LogP contribution in [0.25, 0.3) is 11.1 Å².